The van der Waals surface area contributed by atoms with Crippen molar-refractivity contribution in [2.24, 2.45) is 5.92 Å². The molecule has 1 N–H and O–H groups in total. The molecule has 0 saturated carbocycles. The Kier molecular flexibility index (Phi) is 6.63. The number of amides is 3. The van der Waals surface area contributed by atoms with Crippen molar-refractivity contribution in [3.05, 3.63) is 29.0 Å². The average Bonchev–Trinajstić information content (AvgIpc) is 2.98. The molecule has 3 fully saturated rings. The van der Waals surface area contributed by atoms with Crippen molar-refractivity contribution in [3.63, 3.8) is 0 Å². The van der Waals surface area contributed by atoms with Crippen molar-refractivity contribution in [1.29, 1.82) is 0 Å². The summed E-state index contributed by atoms with van der Waals surface area (Å²) >= 11 is 6.03. The third kappa shape index (κ3) is 4.98. The summed E-state index contributed by atoms with van der Waals surface area (Å²) in [5.41, 5.74) is 0. The second kappa shape index (κ2) is 9.39. The van der Waals surface area contributed by atoms with Gasteiger partial charge in [-0.1, -0.05) is 11.6 Å². The number of carbonyl (C=O) groups is 2. The van der Waals surface area contributed by atoms with Gasteiger partial charge in [0.25, 0.3) is 0 Å². The minimum absolute atomic E-state index is 0.00398. The van der Waals surface area contributed by atoms with Gasteiger partial charge in [0.15, 0.2) is 0 Å². The number of likely N-dealkylation sites (tertiary alicyclic amines) is 2. The van der Waals surface area contributed by atoms with Crippen LogP contribution in [0, 0.1) is 11.7 Å². The van der Waals surface area contributed by atoms with Gasteiger partial charge in [-0.3, -0.25) is 4.79 Å². The van der Waals surface area contributed by atoms with Crippen LogP contribution in [0.2, 0.25) is 5.02 Å². The van der Waals surface area contributed by atoms with Crippen LogP contribution in [0.25, 0.3) is 0 Å². The molecule has 9 heteroatoms. The van der Waals surface area contributed by atoms with E-state index >= 15 is 0 Å². The highest BCUT2D eigenvalue weighted by molar-refractivity contribution is 6.32. The number of halogens is 2. The summed E-state index contributed by atoms with van der Waals surface area (Å²) in [6, 6.07) is 4.01. The zero-order valence-electron chi connectivity index (χ0n) is 16.8. The molecule has 3 saturated heterocycles. The number of ether oxygens (including phenoxy) is 2. The van der Waals surface area contributed by atoms with Gasteiger partial charge in [0.1, 0.15) is 18.2 Å². The van der Waals surface area contributed by atoms with Crippen LogP contribution in [0.15, 0.2) is 18.2 Å². The zero-order valence-corrected chi connectivity index (χ0v) is 17.6. The van der Waals surface area contributed by atoms with Crippen molar-refractivity contribution >= 4 is 23.5 Å². The first-order valence-electron chi connectivity index (χ1n) is 10.5. The van der Waals surface area contributed by atoms with Crippen LogP contribution < -0.4 is 10.1 Å². The first-order chi connectivity index (χ1) is 14.5. The number of hydrogen-bond donors (Lipinski definition) is 1. The van der Waals surface area contributed by atoms with Crippen LogP contribution in [0.5, 0.6) is 5.75 Å². The quantitative estimate of drug-likeness (QED) is 0.786. The molecular formula is C21H27ClFN3O4. The Labute approximate surface area is 180 Å². The van der Waals surface area contributed by atoms with Crippen LogP contribution in [0.4, 0.5) is 9.18 Å². The molecule has 1 aromatic rings. The maximum atomic E-state index is 13.2. The third-order valence-corrected chi connectivity index (χ3v) is 6.38. The molecule has 0 aliphatic carbocycles. The Bertz CT molecular complexity index is 796. The van der Waals surface area contributed by atoms with E-state index in [0.717, 1.165) is 25.7 Å². The monoisotopic (exact) mass is 439 g/mol. The number of nitrogens with zero attached hydrogens (tertiary/aromatic N) is 2. The Hall–Kier alpha value is -2.06. The predicted molar refractivity (Wildman–Crippen MR) is 109 cm³/mol. The molecule has 3 heterocycles. The summed E-state index contributed by atoms with van der Waals surface area (Å²) in [6.45, 7) is 3.10. The molecule has 0 spiro atoms. The molecule has 3 aliphatic heterocycles. The Balaban J connectivity index is 1.27. The minimum Gasteiger partial charge on any atom is -0.492 e. The van der Waals surface area contributed by atoms with E-state index in [4.69, 9.17) is 21.1 Å². The van der Waals surface area contributed by atoms with E-state index in [1.807, 2.05) is 9.80 Å². The number of urea groups is 1. The molecule has 0 aromatic heterocycles. The van der Waals surface area contributed by atoms with Crippen molar-refractivity contribution in [1.82, 2.24) is 15.1 Å². The molecule has 3 aliphatic rings. The number of piperidine rings is 1. The van der Waals surface area contributed by atoms with E-state index in [2.05, 4.69) is 5.32 Å². The van der Waals surface area contributed by atoms with Gasteiger partial charge < -0.3 is 24.6 Å². The fourth-order valence-corrected chi connectivity index (χ4v) is 4.62. The van der Waals surface area contributed by atoms with Crippen molar-refractivity contribution in [3.8, 4) is 5.75 Å². The van der Waals surface area contributed by atoms with Gasteiger partial charge in [-0.15, -0.1) is 0 Å². The molecule has 1 unspecified atom stereocenters. The highest BCUT2D eigenvalue weighted by atomic mass is 35.5. The Morgan fingerprint density at radius 1 is 1.23 bits per heavy atom. The summed E-state index contributed by atoms with van der Waals surface area (Å²) in [6.07, 6.45) is 3.42. The highest BCUT2D eigenvalue weighted by Crippen LogP contribution is 2.27. The molecular weight excluding hydrogens is 413 g/mol. The lowest BCUT2D eigenvalue weighted by molar-refractivity contribution is -0.139. The standard InChI is InChI=1S/C21H27ClFN3O4/c22-16-10-15(23)3-4-18(16)29-12-14-2-1-7-25(8-5-14)21(28)26-9-6-19-17(11-26)24-20(27)13-30-19/h3-4,10,14,17,19H,1-2,5-9,11-13H2,(H,24,27)/t14?,17-,19+/m1/s1. The summed E-state index contributed by atoms with van der Waals surface area (Å²) < 4.78 is 24.5. The second-order valence-corrected chi connectivity index (χ2v) is 8.62. The molecule has 0 radical (unpaired) electrons. The van der Waals surface area contributed by atoms with Crippen molar-refractivity contribution in [2.75, 3.05) is 39.4 Å². The summed E-state index contributed by atoms with van der Waals surface area (Å²) in [4.78, 5) is 28.4. The van der Waals surface area contributed by atoms with E-state index in [9.17, 15) is 14.0 Å². The number of morpholine rings is 1. The first-order valence-corrected chi connectivity index (χ1v) is 10.9. The molecule has 164 valence electrons. The predicted octanol–water partition coefficient (Wildman–Crippen LogP) is 2.67. The van der Waals surface area contributed by atoms with Gasteiger partial charge in [0, 0.05) is 26.2 Å². The number of hydrogen-bond acceptors (Lipinski definition) is 4. The van der Waals surface area contributed by atoms with Crippen LogP contribution in [-0.2, 0) is 9.53 Å². The number of benzene rings is 1. The molecule has 30 heavy (non-hydrogen) atoms. The Morgan fingerprint density at radius 3 is 2.90 bits per heavy atom. The number of fused-ring (bicyclic) bond motifs is 1. The minimum atomic E-state index is -0.389. The molecule has 7 nitrogen and oxygen atoms in total. The third-order valence-electron chi connectivity index (χ3n) is 6.08. The topological polar surface area (TPSA) is 71.1 Å². The van der Waals surface area contributed by atoms with Gasteiger partial charge in [-0.2, -0.15) is 0 Å². The number of nitrogens with one attached hydrogen (secondary N) is 1. The van der Waals surface area contributed by atoms with E-state index in [-0.39, 0.29) is 41.5 Å². The molecule has 0 bridgehead atoms. The van der Waals surface area contributed by atoms with Crippen LogP contribution >= 0.6 is 11.6 Å². The van der Waals surface area contributed by atoms with E-state index in [0.29, 0.717) is 44.5 Å². The largest absolute Gasteiger partial charge is 0.492 e. The SMILES string of the molecule is O=C1CO[C@H]2CCN(C(=O)N3CCCC(COc4ccc(F)cc4Cl)CC3)C[C@H]2N1. The van der Waals surface area contributed by atoms with E-state index in [1.165, 1.54) is 12.1 Å². The summed E-state index contributed by atoms with van der Waals surface area (Å²) in [5, 5.41) is 3.20. The van der Waals surface area contributed by atoms with Gasteiger partial charge in [-0.25, -0.2) is 9.18 Å². The van der Waals surface area contributed by atoms with Gasteiger partial charge in [-0.05, 0) is 49.8 Å². The van der Waals surface area contributed by atoms with E-state index in [1.54, 1.807) is 6.07 Å². The van der Waals surface area contributed by atoms with Crippen LogP contribution in [-0.4, -0.2) is 73.3 Å². The summed E-state index contributed by atoms with van der Waals surface area (Å²) in [5.74, 6) is 0.277. The normalized spacial score (nSPS) is 27.1. The van der Waals surface area contributed by atoms with Gasteiger partial charge in [0.05, 0.1) is 23.8 Å². The summed E-state index contributed by atoms with van der Waals surface area (Å²) in [7, 11) is 0. The van der Waals surface area contributed by atoms with Crippen LogP contribution in [0.3, 0.4) is 0 Å². The maximum absolute atomic E-state index is 13.2. The van der Waals surface area contributed by atoms with Crippen molar-refractivity contribution < 1.29 is 23.5 Å². The van der Waals surface area contributed by atoms with Crippen LogP contribution in [0.1, 0.15) is 25.7 Å². The second-order valence-electron chi connectivity index (χ2n) is 8.21. The fraction of sp³-hybridized carbons (Fsp3) is 0.619. The maximum Gasteiger partial charge on any atom is 0.320 e. The molecule has 1 aromatic carbocycles. The van der Waals surface area contributed by atoms with Gasteiger partial charge >= 0.3 is 6.03 Å². The highest BCUT2D eigenvalue weighted by Gasteiger charge is 2.37. The Morgan fingerprint density at radius 2 is 2.07 bits per heavy atom. The molecule has 3 amide bonds. The average molecular weight is 440 g/mol. The molecule has 3 atom stereocenters. The lowest BCUT2D eigenvalue weighted by atomic mass is 10.0. The smallest absolute Gasteiger partial charge is 0.320 e. The lowest BCUT2D eigenvalue weighted by Crippen LogP contribution is -2.62. The van der Waals surface area contributed by atoms with E-state index < -0.39 is 0 Å². The lowest BCUT2D eigenvalue weighted by Gasteiger charge is -2.42. The zero-order chi connectivity index (χ0) is 21.1. The van der Waals surface area contributed by atoms with Gasteiger partial charge in [0.2, 0.25) is 5.91 Å². The molecule has 4 rings (SSSR count). The first kappa shape index (κ1) is 21.2. The number of carbonyl (C=O) groups excluding carboxylic acids is 2. The van der Waals surface area contributed by atoms with Crippen molar-refractivity contribution in [2.45, 2.75) is 37.8 Å². The number of rotatable bonds is 3. The fourth-order valence-electron chi connectivity index (χ4n) is 4.40.